The zero-order valence-electron chi connectivity index (χ0n) is 21.3. The second-order valence-corrected chi connectivity index (χ2v) is 11.4. The molecule has 0 saturated carbocycles. The minimum absolute atomic E-state index is 0.0756. The van der Waals surface area contributed by atoms with Gasteiger partial charge in [-0.2, -0.15) is 13.2 Å². The van der Waals surface area contributed by atoms with Crippen LogP contribution in [0.15, 0.2) is 48.7 Å². The molecule has 0 bridgehead atoms. The summed E-state index contributed by atoms with van der Waals surface area (Å²) in [4.78, 5) is 24.3. The van der Waals surface area contributed by atoms with E-state index in [0.29, 0.717) is 38.4 Å². The first-order valence-electron chi connectivity index (χ1n) is 12.6. The summed E-state index contributed by atoms with van der Waals surface area (Å²) in [6.45, 7) is 9.14. The lowest BCUT2D eigenvalue weighted by atomic mass is 9.98. The number of hydrogen-bond acceptors (Lipinski definition) is 5. The third-order valence-electron chi connectivity index (χ3n) is 7.39. The Morgan fingerprint density at radius 2 is 1.86 bits per heavy atom. The molecular weight excluding hydrogens is 497 g/mol. The van der Waals surface area contributed by atoms with Gasteiger partial charge in [0.05, 0.1) is 18.4 Å². The van der Waals surface area contributed by atoms with Gasteiger partial charge < -0.3 is 9.80 Å². The number of aromatic nitrogens is 1. The number of nitrogens with zero attached hydrogens (tertiary/aromatic N) is 4. The number of thiophene rings is 1. The van der Waals surface area contributed by atoms with E-state index >= 15 is 0 Å². The summed E-state index contributed by atoms with van der Waals surface area (Å²) in [5.74, 6) is 0.113. The Kier molecular flexibility index (Phi) is 7.02. The van der Waals surface area contributed by atoms with Gasteiger partial charge in [-0.3, -0.25) is 9.69 Å². The fourth-order valence-electron chi connectivity index (χ4n) is 5.41. The summed E-state index contributed by atoms with van der Waals surface area (Å²) in [5, 5.41) is 1.27. The molecule has 5 rings (SSSR count). The molecule has 2 aliphatic rings. The molecule has 0 radical (unpaired) electrons. The molecule has 1 saturated heterocycles. The van der Waals surface area contributed by atoms with E-state index in [0.717, 1.165) is 12.5 Å². The molecule has 0 unspecified atom stereocenters. The lowest BCUT2D eigenvalue weighted by Gasteiger charge is -2.45. The van der Waals surface area contributed by atoms with E-state index in [1.165, 1.54) is 38.4 Å². The van der Waals surface area contributed by atoms with Crippen molar-refractivity contribution < 1.29 is 18.0 Å². The van der Waals surface area contributed by atoms with Crippen molar-refractivity contribution in [2.75, 3.05) is 37.6 Å². The Morgan fingerprint density at radius 1 is 1.11 bits per heavy atom. The number of pyridine rings is 1. The number of carbonyl (C=O) groups excluding carboxylic acids is 1. The minimum Gasteiger partial charge on any atom is -0.367 e. The summed E-state index contributed by atoms with van der Waals surface area (Å²) >= 11 is 1.80. The van der Waals surface area contributed by atoms with Gasteiger partial charge in [0, 0.05) is 47.8 Å². The van der Waals surface area contributed by atoms with Gasteiger partial charge >= 0.3 is 6.18 Å². The highest BCUT2D eigenvalue weighted by Gasteiger charge is 2.34. The number of fused-ring (bicyclic) bond motifs is 1. The van der Waals surface area contributed by atoms with Crippen LogP contribution in [0.2, 0.25) is 0 Å². The maximum Gasteiger partial charge on any atom is 0.433 e. The predicted molar refractivity (Wildman–Crippen MR) is 143 cm³/mol. The van der Waals surface area contributed by atoms with Crippen molar-refractivity contribution >= 4 is 38.6 Å². The van der Waals surface area contributed by atoms with Gasteiger partial charge in [0.25, 0.3) is 0 Å². The van der Waals surface area contributed by atoms with Crippen molar-refractivity contribution in [3.8, 4) is 0 Å². The van der Waals surface area contributed by atoms with Crippen LogP contribution < -0.4 is 4.90 Å². The summed E-state index contributed by atoms with van der Waals surface area (Å²) in [6, 6.07) is 11.5. The maximum atomic E-state index is 13.2. The number of hydrogen-bond donors (Lipinski definition) is 0. The van der Waals surface area contributed by atoms with Gasteiger partial charge in [0.15, 0.2) is 0 Å². The Balaban J connectivity index is 1.18. The smallest absolute Gasteiger partial charge is 0.367 e. The number of benzene rings is 1. The highest BCUT2D eigenvalue weighted by molar-refractivity contribution is 7.19. The van der Waals surface area contributed by atoms with Crippen molar-refractivity contribution in [2.24, 2.45) is 0 Å². The zero-order valence-corrected chi connectivity index (χ0v) is 22.1. The number of rotatable bonds is 4. The Labute approximate surface area is 219 Å². The summed E-state index contributed by atoms with van der Waals surface area (Å²) in [7, 11) is 0. The van der Waals surface area contributed by atoms with Crippen LogP contribution in [0.1, 0.15) is 36.4 Å². The molecule has 1 fully saturated rings. The third kappa shape index (κ3) is 5.52. The van der Waals surface area contributed by atoms with Crippen molar-refractivity contribution in [1.29, 1.82) is 0 Å². The van der Waals surface area contributed by atoms with Gasteiger partial charge in [0.1, 0.15) is 5.69 Å². The van der Waals surface area contributed by atoms with Crippen molar-refractivity contribution in [2.45, 2.75) is 45.5 Å². The van der Waals surface area contributed by atoms with Gasteiger partial charge in [-0.25, -0.2) is 4.98 Å². The van der Waals surface area contributed by atoms with E-state index < -0.39 is 11.9 Å². The van der Waals surface area contributed by atoms with Gasteiger partial charge in [0.2, 0.25) is 5.91 Å². The Bertz CT molecular complexity index is 1310. The first kappa shape index (κ1) is 25.7. The quantitative estimate of drug-likeness (QED) is 0.427. The number of amides is 1. The second-order valence-electron chi connectivity index (χ2n) is 10.1. The fraction of sp³-hybridized carbons (Fsp3) is 0.429. The molecule has 1 aromatic carbocycles. The van der Waals surface area contributed by atoms with E-state index in [2.05, 4.69) is 61.0 Å². The average Bonchev–Trinajstić information content (AvgIpc) is 3.25. The molecule has 0 spiro atoms. The van der Waals surface area contributed by atoms with E-state index in [-0.39, 0.29) is 18.0 Å². The summed E-state index contributed by atoms with van der Waals surface area (Å²) in [5.41, 5.74) is 2.30. The number of halogens is 3. The average molecular weight is 529 g/mol. The van der Waals surface area contributed by atoms with Gasteiger partial charge in [-0.05, 0) is 74.0 Å². The monoisotopic (exact) mass is 528 g/mol. The van der Waals surface area contributed by atoms with Crippen molar-refractivity contribution in [3.63, 3.8) is 0 Å². The molecule has 5 nitrogen and oxygen atoms in total. The molecule has 9 heteroatoms. The molecule has 0 aliphatic carbocycles. The number of carbonyl (C=O) groups is 1. The summed E-state index contributed by atoms with van der Waals surface area (Å²) < 4.78 is 39.9. The third-order valence-corrected chi connectivity index (χ3v) is 8.43. The SMILES string of the molecule is Cc1cc2cc(C3=CCN(C(=O)CN4[C@H](C)CN(c5ccc(C(F)(F)F)nc5)C[C@@H]4C)CC3)ccc2s1. The van der Waals surface area contributed by atoms with E-state index in [1.807, 2.05) is 9.80 Å². The predicted octanol–water partition coefficient (Wildman–Crippen LogP) is 5.84. The van der Waals surface area contributed by atoms with E-state index in [9.17, 15) is 18.0 Å². The van der Waals surface area contributed by atoms with Crippen LogP contribution in [0, 0.1) is 6.92 Å². The van der Waals surface area contributed by atoms with Crippen molar-refractivity contribution in [3.05, 3.63) is 64.8 Å². The molecular formula is C28H31F3N4OS. The molecule has 3 aromatic rings. The lowest BCUT2D eigenvalue weighted by Crippen LogP contribution is -2.59. The topological polar surface area (TPSA) is 39.7 Å². The first-order valence-corrected chi connectivity index (χ1v) is 13.4. The van der Waals surface area contributed by atoms with Crippen LogP contribution in [-0.2, 0) is 11.0 Å². The molecule has 0 N–H and O–H groups in total. The van der Waals surface area contributed by atoms with Gasteiger partial charge in [-0.15, -0.1) is 11.3 Å². The summed E-state index contributed by atoms with van der Waals surface area (Å²) in [6.07, 6.45) is -0.151. The zero-order chi connectivity index (χ0) is 26.3. The molecule has 4 heterocycles. The molecule has 196 valence electrons. The molecule has 2 aromatic heterocycles. The van der Waals surface area contributed by atoms with E-state index in [4.69, 9.17) is 0 Å². The standard InChI is InChI=1S/C28H31F3N4OS/c1-18-15-34(24-5-7-26(32-14-24)28(29,30)31)16-19(2)35(18)17-27(36)33-10-8-21(9-11-33)22-4-6-25-23(13-22)12-20(3)37-25/h4-8,12-14,18-19H,9-11,15-17H2,1-3H3/t18-,19+. The number of aryl methyl sites for hydroxylation is 1. The van der Waals surface area contributed by atoms with E-state index in [1.54, 1.807) is 11.3 Å². The van der Waals surface area contributed by atoms with Gasteiger partial charge in [-0.1, -0.05) is 12.1 Å². The lowest BCUT2D eigenvalue weighted by molar-refractivity contribution is -0.141. The van der Waals surface area contributed by atoms with Crippen LogP contribution in [0.25, 0.3) is 15.7 Å². The van der Waals surface area contributed by atoms with Crippen LogP contribution in [-0.4, -0.2) is 65.5 Å². The first-order chi connectivity index (χ1) is 17.6. The molecule has 37 heavy (non-hydrogen) atoms. The highest BCUT2D eigenvalue weighted by Crippen LogP contribution is 2.31. The van der Waals surface area contributed by atoms with Crippen molar-refractivity contribution in [1.82, 2.24) is 14.8 Å². The maximum absolute atomic E-state index is 13.2. The second kappa shape index (κ2) is 10.1. The highest BCUT2D eigenvalue weighted by atomic mass is 32.1. The minimum atomic E-state index is -4.45. The van der Waals surface area contributed by atoms with Crippen LogP contribution in [0.5, 0.6) is 0 Å². The molecule has 2 atom stereocenters. The number of alkyl halides is 3. The fourth-order valence-corrected chi connectivity index (χ4v) is 6.31. The van der Waals surface area contributed by atoms with Crippen LogP contribution in [0.3, 0.4) is 0 Å². The number of piperazine rings is 1. The molecule has 1 amide bonds. The van der Waals surface area contributed by atoms with Crippen LogP contribution >= 0.6 is 11.3 Å². The number of anilines is 1. The Hall–Kier alpha value is -2.91. The Morgan fingerprint density at radius 3 is 2.49 bits per heavy atom. The normalized spacial score (nSPS) is 21.4. The molecule has 2 aliphatic heterocycles. The van der Waals surface area contributed by atoms with Crippen LogP contribution in [0.4, 0.5) is 18.9 Å². The largest absolute Gasteiger partial charge is 0.433 e.